The molecule has 0 saturated carbocycles. The molecule has 0 aliphatic rings. The molecule has 0 unspecified atom stereocenters. The zero-order valence-corrected chi connectivity index (χ0v) is 15.3. The van der Waals surface area contributed by atoms with Gasteiger partial charge in [0.05, 0.1) is 24.1 Å². The minimum absolute atomic E-state index is 0.218. The normalized spacial score (nSPS) is 10.8. The summed E-state index contributed by atoms with van der Waals surface area (Å²) in [5.41, 5.74) is 6.51. The molecule has 7 nitrogen and oxygen atoms in total. The van der Waals surface area contributed by atoms with Crippen molar-refractivity contribution in [2.75, 3.05) is 12.8 Å². The van der Waals surface area contributed by atoms with Gasteiger partial charge in [0.25, 0.3) is 0 Å². The van der Waals surface area contributed by atoms with Crippen molar-refractivity contribution < 1.29 is 9.15 Å². The first-order valence-corrected chi connectivity index (χ1v) is 8.87. The summed E-state index contributed by atoms with van der Waals surface area (Å²) in [6.45, 7) is 1.96. The molecule has 0 saturated heterocycles. The second kappa shape index (κ2) is 7.71. The number of anilines is 1. The Morgan fingerprint density at radius 3 is 2.84 bits per heavy atom. The molecule has 2 aromatic heterocycles. The van der Waals surface area contributed by atoms with Crippen molar-refractivity contribution in [2.24, 2.45) is 0 Å². The molecule has 2 N–H and O–H groups in total. The number of nitrogen functional groups attached to an aromatic ring is 1. The quantitative estimate of drug-likeness (QED) is 0.650. The van der Waals surface area contributed by atoms with Gasteiger partial charge in [-0.2, -0.15) is 9.97 Å². The Balaban J connectivity index is 1.72. The predicted octanol–water partition coefficient (Wildman–Crippen LogP) is 3.63. The van der Waals surface area contributed by atoms with Crippen molar-refractivity contribution in [1.29, 1.82) is 0 Å². The second-order valence-corrected chi connectivity index (χ2v) is 6.35. The van der Waals surface area contributed by atoms with Crippen LogP contribution in [0.2, 0.25) is 5.02 Å². The van der Waals surface area contributed by atoms with Gasteiger partial charge in [0.15, 0.2) is 10.9 Å². The largest absolute Gasteiger partial charge is 0.495 e. The zero-order chi connectivity index (χ0) is 17.8. The van der Waals surface area contributed by atoms with Gasteiger partial charge in [-0.25, -0.2) is 9.97 Å². The number of thioether (sulfide) groups is 1. The van der Waals surface area contributed by atoms with Gasteiger partial charge in [0, 0.05) is 12.0 Å². The third kappa shape index (κ3) is 4.21. The lowest BCUT2D eigenvalue weighted by molar-refractivity contribution is 0.415. The van der Waals surface area contributed by atoms with Gasteiger partial charge in [-0.05, 0) is 18.2 Å². The van der Waals surface area contributed by atoms with Crippen LogP contribution in [0, 0.1) is 0 Å². The average molecular weight is 378 g/mol. The Bertz CT molecular complexity index is 887. The van der Waals surface area contributed by atoms with E-state index < -0.39 is 0 Å². The number of rotatable bonds is 6. The maximum absolute atomic E-state index is 6.15. The van der Waals surface area contributed by atoms with Gasteiger partial charge < -0.3 is 14.9 Å². The lowest BCUT2D eigenvalue weighted by Crippen LogP contribution is -2.03. The monoisotopic (exact) mass is 377 g/mol. The van der Waals surface area contributed by atoms with Gasteiger partial charge in [0.2, 0.25) is 11.8 Å². The van der Waals surface area contributed by atoms with Crippen molar-refractivity contribution in [3.8, 4) is 17.1 Å². The molecule has 2 heterocycles. The molecule has 0 aliphatic heterocycles. The molecule has 0 amide bonds. The Morgan fingerprint density at radius 1 is 1.28 bits per heavy atom. The summed E-state index contributed by atoms with van der Waals surface area (Å²) >= 11 is 7.54. The lowest BCUT2D eigenvalue weighted by Gasteiger charge is -2.04. The molecule has 9 heteroatoms. The number of oxazole rings is 1. The summed E-state index contributed by atoms with van der Waals surface area (Å²) < 4.78 is 10.9. The fourth-order valence-electron chi connectivity index (χ4n) is 2.09. The Hall–Kier alpha value is -2.32. The number of nitrogens with zero attached hydrogens (tertiary/aromatic N) is 4. The third-order valence-electron chi connectivity index (χ3n) is 3.31. The van der Waals surface area contributed by atoms with E-state index in [2.05, 4.69) is 19.9 Å². The van der Waals surface area contributed by atoms with Crippen LogP contribution in [0.1, 0.15) is 18.6 Å². The van der Waals surface area contributed by atoms with Crippen LogP contribution in [0.5, 0.6) is 5.75 Å². The van der Waals surface area contributed by atoms with Crippen molar-refractivity contribution >= 4 is 29.3 Å². The summed E-state index contributed by atoms with van der Waals surface area (Å²) in [5, 5.41) is 1.07. The van der Waals surface area contributed by atoms with Crippen LogP contribution in [0.25, 0.3) is 11.3 Å². The van der Waals surface area contributed by atoms with Crippen LogP contribution in [-0.2, 0) is 12.2 Å². The van der Waals surface area contributed by atoms with E-state index in [1.54, 1.807) is 25.4 Å². The highest BCUT2D eigenvalue weighted by atomic mass is 35.5. The fourth-order valence-corrected chi connectivity index (χ4v) is 3.07. The Labute approximate surface area is 154 Å². The SMILES string of the molecule is CCc1nc(N)nc(SCc2ncc(-c3ccc(OC)c(Cl)c3)o2)n1. The van der Waals surface area contributed by atoms with Gasteiger partial charge in [-0.15, -0.1) is 0 Å². The predicted molar refractivity (Wildman–Crippen MR) is 96.7 cm³/mol. The number of ether oxygens (including phenoxy) is 1. The third-order valence-corrected chi connectivity index (χ3v) is 4.44. The smallest absolute Gasteiger partial charge is 0.224 e. The number of hydrogen-bond acceptors (Lipinski definition) is 8. The molecule has 0 fully saturated rings. The number of halogens is 1. The molecule has 1 aromatic carbocycles. The van der Waals surface area contributed by atoms with Crippen LogP contribution >= 0.6 is 23.4 Å². The molecule has 130 valence electrons. The topological polar surface area (TPSA) is 100.0 Å². The molecular formula is C16H16ClN5O2S. The molecule has 25 heavy (non-hydrogen) atoms. The molecule has 3 aromatic rings. The molecule has 3 rings (SSSR count). The first-order valence-electron chi connectivity index (χ1n) is 7.51. The molecule has 0 bridgehead atoms. The van der Waals surface area contributed by atoms with Crippen LogP contribution in [0.4, 0.5) is 5.95 Å². The van der Waals surface area contributed by atoms with Crippen molar-refractivity contribution in [1.82, 2.24) is 19.9 Å². The van der Waals surface area contributed by atoms with E-state index in [1.807, 2.05) is 13.0 Å². The average Bonchev–Trinajstić information content (AvgIpc) is 3.08. The van der Waals surface area contributed by atoms with E-state index >= 15 is 0 Å². The first kappa shape index (κ1) is 17.5. The summed E-state index contributed by atoms with van der Waals surface area (Å²) in [6.07, 6.45) is 2.36. The maximum Gasteiger partial charge on any atom is 0.224 e. The summed E-state index contributed by atoms with van der Waals surface area (Å²) in [6, 6.07) is 5.43. The van der Waals surface area contributed by atoms with Gasteiger partial charge in [-0.1, -0.05) is 30.3 Å². The minimum atomic E-state index is 0.218. The lowest BCUT2D eigenvalue weighted by atomic mass is 10.2. The Kier molecular flexibility index (Phi) is 5.40. The molecular weight excluding hydrogens is 362 g/mol. The highest BCUT2D eigenvalue weighted by Gasteiger charge is 2.11. The second-order valence-electron chi connectivity index (χ2n) is 5.00. The van der Waals surface area contributed by atoms with Crippen molar-refractivity contribution in [2.45, 2.75) is 24.3 Å². The standard InChI is InChI=1S/C16H16ClN5O2S/c1-3-13-20-15(18)22-16(21-13)25-8-14-19-7-12(24-14)9-4-5-11(23-2)10(17)6-9/h4-7H,3,8H2,1-2H3,(H2,18,20,21,22). The molecule has 0 radical (unpaired) electrons. The number of hydrogen-bond donors (Lipinski definition) is 1. The van der Waals surface area contributed by atoms with Crippen molar-refractivity contribution in [3.05, 3.63) is 41.1 Å². The van der Waals surface area contributed by atoms with Crippen molar-refractivity contribution in [3.63, 3.8) is 0 Å². The maximum atomic E-state index is 6.15. The highest BCUT2D eigenvalue weighted by molar-refractivity contribution is 7.98. The molecule has 0 spiro atoms. The van der Waals surface area contributed by atoms with E-state index in [0.29, 0.717) is 45.6 Å². The van der Waals surface area contributed by atoms with Crippen LogP contribution in [-0.4, -0.2) is 27.0 Å². The fraction of sp³-hybridized carbons (Fsp3) is 0.250. The molecule has 0 aliphatic carbocycles. The van der Waals surface area contributed by atoms with Gasteiger partial charge >= 0.3 is 0 Å². The molecule has 0 atom stereocenters. The Morgan fingerprint density at radius 2 is 2.12 bits per heavy atom. The summed E-state index contributed by atoms with van der Waals surface area (Å²) in [4.78, 5) is 16.8. The first-order chi connectivity index (χ1) is 12.1. The van der Waals surface area contributed by atoms with E-state index in [-0.39, 0.29) is 5.95 Å². The highest BCUT2D eigenvalue weighted by Crippen LogP contribution is 2.31. The number of aromatic nitrogens is 4. The van der Waals surface area contributed by atoms with E-state index in [1.165, 1.54) is 11.8 Å². The van der Waals surface area contributed by atoms with Crippen LogP contribution in [0.3, 0.4) is 0 Å². The number of nitrogens with two attached hydrogens (primary N) is 1. The minimum Gasteiger partial charge on any atom is -0.495 e. The van der Waals surface area contributed by atoms with E-state index in [0.717, 1.165) is 5.56 Å². The zero-order valence-electron chi connectivity index (χ0n) is 13.7. The summed E-state index contributed by atoms with van der Waals surface area (Å²) in [5.74, 6) is 3.16. The number of aryl methyl sites for hydroxylation is 1. The van der Waals surface area contributed by atoms with Crippen LogP contribution < -0.4 is 10.5 Å². The van der Waals surface area contributed by atoms with Crippen LogP contribution in [0.15, 0.2) is 34.0 Å². The number of benzene rings is 1. The summed E-state index contributed by atoms with van der Waals surface area (Å²) in [7, 11) is 1.57. The van der Waals surface area contributed by atoms with Gasteiger partial charge in [-0.3, -0.25) is 0 Å². The van der Waals surface area contributed by atoms with E-state index in [4.69, 9.17) is 26.5 Å². The number of methoxy groups -OCH3 is 1. The van der Waals surface area contributed by atoms with Gasteiger partial charge in [0.1, 0.15) is 11.6 Å². The van der Waals surface area contributed by atoms with E-state index in [9.17, 15) is 0 Å².